The summed E-state index contributed by atoms with van der Waals surface area (Å²) in [5.41, 5.74) is -0.560. The Morgan fingerprint density at radius 1 is 1.20 bits per heavy atom. The zero-order chi connectivity index (χ0) is 15.3. The summed E-state index contributed by atoms with van der Waals surface area (Å²) in [5, 5.41) is 23.3. The van der Waals surface area contributed by atoms with E-state index >= 15 is 0 Å². The monoisotopic (exact) mass is 286 g/mol. The molecular formula is C14H26N2O4. The van der Waals surface area contributed by atoms with Gasteiger partial charge < -0.3 is 15.5 Å². The van der Waals surface area contributed by atoms with Gasteiger partial charge in [0, 0.05) is 17.4 Å². The largest absolute Gasteiger partial charge is 0.368 e. The summed E-state index contributed by atoms with van der Waals surface area (Å²) in [4.78, 5) is 23.6. The van der Waals surface area contributed by atoms with Crippen molar-refractivity contribution in [2.45, 2.75) is 65.2 Å². The van der Waals surface area contributed by atoms with Gasteiger partial charge in [0.05, 0.1) is 0 Å². The maximum atomic E-state index is 11.9. The minimum absolute atomic E-state index is 0.0115. The molecule has 0 saturated heterocycles. The molecule has 116 valence electrons. The fraction of sp³-hybridized carbons (Fsp3) is 0.857. The number of carbonyl (C=O) groups excluding carboxylic acids is 2. The summed E-state index contributed by atoms with van der Waals surface area (Å²) in [6.07, 6.45) is 2.10. The first kappa shape index (κ1) is 16.9. The van der Waals surface area contributed by atoms with Crippen molar-refractivity contribution in [1.82, 2.24) is 10.6 Å². The van der Waals surface area contributed by atoms with Crippen LogP contribution in [0.15, 0.2) is 0 Å². The highest BCUT2D eigenvalue weighted by Gasteiger charge is 2.29. The molecule has 1 saturated carbocycles. The molecule has 0 atom stereocenters. The van der Waals surface area contributed by atoms with Crippen LogP contribution < -0.4 is 10.6 Å². The lowest BCUT2D eigenvalue weighted by Crippen LogP contribution is -2.49. The molecule has 0 aromatic heterocycles. The molecule has 6 heteroatoms. The number of aliphatic hydroxyl groups is 2. The molecule has 0 aliphatic heterocycles. The number of hydrogen-bond donors (Lipinski definition) is 4. The highest BCUT2D eigenvalue weighted by molar-refractivity contribution is 5.97. The molecule has 20 heavy (non-hydrogen) atoms. The summed E-state index contributed by atoms with van der Waals surface area (Å²) < 4.78 is 0. The normalized spacial score (nSPS) is 23.5. The SMILES string of the molecule is CCC(C)(C)C(=O)NC(=O)NC1CCC(C(O)O)CC1. The predicted octanol–water partition coefficient (Wildman–Crippen LogP) is 1.12. The second kappa shape index (κ2) is 7.04. The second-order valence-electron chi connectivity index (χ2n) is 6.19. The van der Waals surface area contributed by atoms with E-state index in [2.05, 4.69) is 10.6 Å². The molecule has 6 nitrogen and oxygen atoms in total. The topological polar surface area (TPSA) is 98.7 Å². The van der Waals surface area contributed by atoms with Crippen molar-refractivity contribution < 1.29 is 19.8 Å². The predicted molar refractivity (Wildman–Crippen MR) is 74.7 cm³/mol. The Balaban J connectivity index is 2.36. The van der Waals surface area contributed by atoms with Crippen LogP contribution in [0.5, 0.6) is 0 Å². The van der Waals surface area contributed by atoms with E-state index in [1.807, 2.05) is 6.92 Å². The molecule has 0 radical (unpaired) electrons. The van der Waals surface area contributed by atoms with Crippen LogP contribution in [-0.2, 0) is 4.79 Å². The highest BCUT2D eigenvalue weighted by Crippen LogP contribution is 2.26. The molecule has 1 fully saturated rings. The minimum Gasteiger partial charge on any atom is -0.368 e. The Morgan fingerprint density at radius 3 is 2.20 bits per heavy atom. The van der Waals surface area contributed by atoms with Crippen LogP contribution in [0.4, 0.5) is 4.79 Å². The van der Waals surface area contributed by atoms with Gasteiger partial charge in [-0.2, -0.15) is 0 Å². The maximum Gasteiger partial charge on any atom is 0.321 e. The summed E-state index contributed by atoms with van der Waals surface area (Å²) in [7, 11) is 0. The zero-order valence-corrected chi connectivity index (χ0v) is 12.5. The van der Waals surface area contributed by atoms with Crippen molar-refractivity contribution in [3.8, 4) is 0 Å². The maximum absolute atomic E-state index is 11.9. The van der Waals surface area contributed by atoms with Gasteiger partial charge >= 0.3 is 6.03 Å². The van der Waals surface area contributed by atoms with Crippen LogP contribution in [-0.4, -0.2) is 34.5 Å². The first-order valence-electron chi connectivity index (χ1n) is 7.24. The van der Waals surface area contributed by atoms with Crippen molar-refractivity contribution in [2.24, 2.45) is 11.3 Å². The molecule has 0 unspecified atom stereocenters. The number of aliphatic hydroxyl groups excluding tert-OH is 1. The Kier molecular flexibility index (Phi) is 5.95. The van der Waals surface area contributed by atoms with Crippen LogP contribution in [0, 0.1) is 11.3 Å². The van der Waals surface area contributed by atoms with Crippen LogP contribution in [0.2, 0.25) is 0 Å². The molecule has 1 aliphatic carbocycles. The average Bonchev–Trinajstić information content (AvgIpc) is 2.39. The van der Waals surface area contributed by atoms with Crippen LogP contribution in [0.3, 0.4) is 0 Å². The van der Waals surface area contributed by atoms with Crippen LogP contribution in [0.25, 0.3) is 0 Å². The van der Waals surface area contributed by atoms with E-state index in [1.54, 1.807) is 13.8 Å². The van der Waals surface area contributed by atoms with Gasteiger partial charge in [-0.25, -0.2) is 4.79 Å². The van der Waals surface area contributed by atoms with E-state index in [0.717, 1.165) is 0 Å². The lowest BCUT2D eigenvalue weighted by molar-refractivity contribution is -0.128. The van der Waals surface area contributed by atoms with E-state index in [1.165, 1.54) is 0 Å². The Morgan fingerprint density at radius 2 is 1.75 bits per heavy atom. The third-order valence-electron chi connectivity index (χ3n) is 4.25. The molecule has 1 aliphatic rings. The molecule has 1 rings (SSSR count). The zero-order valence-electron chi connectivity index (χ0n) is 12.5. The molecule has 0 bridgehead atoms. The van der Waals surface area contributed by atoms with Gasteiger partial charge in [-0.1, -0.05) is 20.8 Å². The van der Waals surface area contributed by atoms with Crippen molar-refractivity contribution in [2.75, 3.05) is 0 Å². The Labute approximate surface area is 119 Å². The lowest BCUT2D eigenvalue weighted by Gasteiger charge is -2.30. The van der Waals surface area contributed by atoms with Gasteiger partial charge in [0.25, 0.3) is 0 Å². The van der Waals surface area contributed by atoms with Gasteiger partial charge in [0.15, 0.2) is 6.29 Å². The van der Waals surface area contributed by atoms with Gasteiger partial charge in [0.1, 0.15) is 0 Å². The Hall–Kier alpha value is -1.14. The average molecular weight is 286 g/mol. The van der Waals surface area contributed by atoms with E-state index in [-0.39, 0.29) is 17.9 Å². The van der Waals surface area contributed by atoms with E-state index < -0.39 is 17.7 Å². The number of amides is 3. The fourth-order valence-electron chi connectivity index (χ4n) is 2.22. The third kappa shape index (κ3) is 4.76. The summed E-state index contributed by atoms with van der Waals surface area (Å²) in [5.74, 6) is -0.395. The first-order valence-corrected chi connectivity index (χ1v) is 7.24. The van der Waals surface area contributed by atoms with E-state index in [0.29, 0.717) is 32.1 Å². The number of urea groups is 1. The van der Waals surface area contributed by atoms with E-state index in [9.17, 15) is 9.59 Å². The number of hydrogen-bond acceptors (Lipinski definition) is 4. The minimum atomic E-state index is -1.28. The number of carbonyl (C=O) groups is 2. The molecule has 4 N–H and O–H groups in total. The molecule has 0 aromatic carbocycles. The van der Waals surface area contributed by atoms with Gasteiger partial charge in [-0.3, -0.25) is 10.1 Å². The lowest BCUT2D eigenvalue weighted by atomic mass is 9.85. The fourth-order valence-corrected chi connectivity index (χ4v) is 2.22. The Bertz CT molecular complexity index is 347. The van der Waals surface area contributed by atoms with Crippen molar-refractivity contribution in [3.63, 3.8) is 0 Å². The molecule has 0 heterocycles. The molecule has 3 amide bonds. The van der Waals surface area contributed by atoms with Gasteiger partial charge in [-0.05, 0) is 32.1 Å². The molecule has 0 aromatic rings. The van der Waals surface area contributed by atoms with Crippen LogP contribution in [0.1, 0.15) is 52.9 Å². The van der Waals surface area contributed by atoms with Gasteiger partial charge in [-0.15, -0.1) is 0 Å². The summed E-state index contributed by atoms with van der Waals surface area (Å²) >= 11 is 0. The van der Waals surface area contributed by atoms with Crippen LogP contribution >= 0.6 is 0 Å². The smallest absolute Gasteiger partial charge is 0.321 e. The molecule has 0 spiro atoms. The second-order valence-corrected chi connectivity index (χ2v) is 6.19. The number of imide groups is 1. The summed E-state index contributed by atoms with van der Waals surface area (Å²) in [6, 6.07) is -0.480. The number of nitrogens with one attached hydrogen (secondary N) is 2. The first-order chi connectivity index (χ1) is 9.26. The standard InChI is InChI=1S/C14H26N2O4/c1-4-14(2,3)12(19)16-13(20)15-10-7-5-9(6-8-10)11(17)18/h9-11,17-18H,4-8H2,1-3H3,(H2,15,16,19,20). The van der Waals surface area contributed by atoms with E-state index in [4.69, 9.17) is 10.2 Å². The van der Waals surface area contributed by atoms with Crippen molar-refractivity contribution >= 4 is 11.9 Å². The summed E-state index contributed by atoms with van der Waals surface area (Å²) in [6.45, 7) is 5.49. The van der Waals surface area contributed by atoms with Gasteiger partial charge in [0.2, 0.25) is 5.91 Å². The highest BCUT2D eigenvalue weighted by atomic mass is 16.5. The van der Waals surface area contributed by atoms with Crippen molar-refractivity contribution in [1.29, 1.82) is 0 Å². The van der Waals surface area contributed by atoms with Crippen molar-refractivity contribution in [3.05, 3.63) is 0 Å². The third-order valence-corrected chi connectivity index (χ3v) is 4.25. The quantitative estimate of drug-likeness (QED) is 0.582. The molecular weight excluding hydrogens is 260 g/mol. The number of rotatable bonds is 4.